The zero-order chi connectivity index (χ0) is 19.7. The predicted molar refractivity (Wildman–Crippen MR) is 114 cm³/mol. The van der Waals surface area contributed by atoms with Gasteiger partial charge in [0, 0.05) is 44.2 Å². The maximum absolute atomic E-state index is 12.5. The number of aromatic nitrogens is 2. The van der Waals surface area contributed by atoms with Crippen molar-refractivity contribution in [2.75, 3.05) is 20.2 Å². The van der Waals surface area contributed by atoms with E-state index in [1.165, 1.54) is 0 Å². The molecule has 28 heavy (non-hydrogen) atoms. The first kappa shape index (κ1) is 24.4. The average Bonchev–Trinajstić information content (AvgIpc) is 3.13. The Morgan fingerprint density at radius 3 is 2.64 bits per heavy atom. The van der Waals surface area contributed by atoms with Crippen LogP contribution in [0, 0.1) is 0 Å². The molecule has 6 nitrogen and oxygen atoms in total. The molecule has 0 saturated carbocycles. The molecule has 0 bridgehead atoms. The van der Waals surface area contributed by atoms with Gasteiger partial charge in [0.2, 0.25) is 5.88 Å². The Hall–Kier alpha value is -1.63. The summed E-state index contributed by atoms with van der Waals surface area (Å²) in [7, 11) is 1.63. The third-order valence-electron chi connectivity index (χ3n) is 3.41. The zero-order valence-corrected chi connectivity index (χ0v) is 18.7. The van der Waals surface area contributed by atoms with Crippen molar-refractivity contribution in [2.45, 2.75) is 32.5 Å². The summed E-state index contributed by atoms with van der Waals surface area (Å²) in [4.78, 5) is 11.9. The minimum atomic E-state index is -4.40. The quantitative estimate of drug-likeness (QED) is 0.309. The van der Waals surface area contributed by atoms with Crippen LogP contribution >= 0.6 is 35.3 Å². The van der Waals surface area contributed by atoms with Gasteiger partial charge in [0.15, 0.2) is 11.7 Å². The summed E-state index contributed by atoms with van der Waals surface area (Å²) < 4.78 is 43.1. The van der Waals surface area contributed by atoms with Crippen LogP contribution in [0.4, 0.5) is 13.2 Å². The highest BCUT2D eigenvalue weighted by molar-refractivity contribution is 14.0. The van der Waals surface area contributed by atoms with Crippen molar-refractivity contribution in [3.63, 3.8) is 0 Å². The summed E-state index contributed by atoms with van der Waals surface area (Å²) in [5.41, 5.74) is 0.111. The molecule has 0 spiro atoms. The highest BCUT2D eigenvalue weighted by Gasteiger charge is 2.33. The number of pyridine rings is 1. The van der Waals surface area contributed by atoms with E-state index in [1.54, 1.807) is 13.2 Å². The Labute approximate surface area is 183 Å². The van der Waals surface area contributed by atoms with Crippen LogP contribution in [0.1, 0.15) is 29.6 Å². The first-order chi connectivity index (χ1) is 12.9. The standard InChI is InChI=1S/C17H22F3N5OS.HI/c1-3-8-26-14-5-4-12(9-23-14)10-24-16(21-2)22-7-6-15-25-13(11-27-15)17(18,19)20;/h4-5,9,11H,3,6-8,10H2,1-2H3,(H2,21,22,24);1H. The number of hydrogen-bond donors (Lipinski definition) is 2. The second-order valence-electron chi connectivity index (χ2n) is 5.58. The van der Waals surface area contributed by atoms with Gasteiger partial charge in [-0.1, -0.05) is 13.0 Å². The van der Waals surface area contributed by atoms with E-state index in [0.29, 0.717) is 43.0 Å². The molecule has 0 aliphatic rings. The summed E-state index contributed by atoms with van der Waals surface area (Å²) in [6, 6.07) is 3.72. The van der Waals surface area contributed by atoms with Crippen LogP contribution in [0.3, 0.4) is 0 Å². The summed E-state index contributed by atoms with van der Waals surface area (Å²) >= 11 is 1.00. The fourth-order valence-electron chi connectivity index (χ4n) is 2.06. The molecule has 0 saturated heterocycles. The third-order valence-corrected chi connectivity index (χ3v) is 4.32. The normalized spacial score (nSPS) is 11.7. The molecule has 2 N–H and O–H groups in total. The van der Waals surface area contributed by atoms with Gasteiger partial charge in [-0.25, -0.2) is 9.97 Å². The topological polar surface area (TPSA) is 71.4 Å². The van der Waals surface area contributed by atoms with Crippen molar-refractivity contribution in [2.24, 2.45) is 4.99 Å². The third kappa shape index (κ3) is 8.17. The molecule has 2 aromatic heterocycles. The summed E-state index contributed by atoms with van der Waals surface area (Å²) in [5.74, 6) is 1.14. The SMILES string of the molecule is CCCOc1ccc(CNC(=NC)NCCc2nc(C(F)(F)F)cs2)cn1.I. The smallest absolute Gasteiger partial charge is 0.434 e. The molecule has 156 valence electrons. The summed E-state index contributed by atoms with van der Waals surface area (Å²) in [6.07, 6.45) is -1.37. The predicted octanol–water partition coefficient (Wildman–Crippen LogP) is 3.87. The van der Waals surface area contributed by atoms with Crippen molar-refractivity contribution in [1.82, 2.24) is 20.6 Å². The Bertz CT molecular complexity index is 737. The number of thiazole rings is 1. The number of guanidine groups is 1. The summed E-state index contributed by atoms with van der Waals surface area (Å²) in [6.45, 7) is 3.59. The fraction of sp³-hybridized carbons (Fsp3) is 0.471. The largest absolute Gasteiger partial charge is 0.478 e. The molecule has 0 aromatic carbocycles. The van der Waals surface area contributed by atoms with Gasteiger partial charge in [0.05, 0.1) is 11.6 Å². The summed E-state index contributed by atoms with van der Waals surface area (Å²) in [5, 5.41) is 7.64. The molecule has 0 atom stereocenters. The molecule has 0 aliphatic carbocycles. The lowest BCUT2D eigenvalue weighted by Crippen LogP contribution is -2.37. The van der Waals surface area contributed by atoms with E-state index >= 15 is 0 Å². The number of aliphatic imine (C=N–C) groups is 1. The second-order valence-corrected chi connectivity index (χ2v) is 6.52. The number of ether oxygens (including phenoxy) is 1. The maximum atomic E-state index is 12.5. The number of nitrogens with zero attached hydrogens (tertiary/aromatic N) is 3. The van der Waals surface area contributed by atoms with Crippen molar-refractivity contribution in [1.29, 1.82) is 0 Å². The average molecular weight is 529 g/mol. The highest BCUT2D eigenvalue weighted by Crippen LogP contribution is 2.29. The van der Waals surface area contributed by atoms with E-state index in [-0.39, 0.29) is 24.0 Å². The minimum absolute atomic E-state index is 0. The molecular formula is C17H23F3IN5OS. The van der Waals surface area contributed by atoms with Gasteiger partial charge >= 0.3 is 6.18 Å². The molecule has 0 radical (unpaired) electrons. The first-order valence-corrected chi connectivity index (χ1v) is 9.34. The monoisotopic (exact) mass is 529 g/mol. The van der Waals surface area contributed by atoms with Crippen LogP contribution in [0.2, 0.25) is 0 Å². The van der Waals surface area contributed by atoms with Crippen LogP contribution in [-0.2, 0) is 19.1 Å². The lowest BCUT2D eigenvalue weighted by Gasteiger charge is -2.11. The van der Waals surface area contributed by atoms with E-state index in [0.717, 1.165) is 28.7 Å². The zero-order valence-electron chi connectivity index (χ0n) is 15.5. The Balaban J connectivity index is 0.00000392. The molecule has 2 rings (SSSR count). The van der Waals surface area contributed by atoms with Crippen LogP contribution in [0.25, 0.3) is 0 Å². The number of nitrogens with one attached hydrogen (secondary N) is 2. The van der Waals surface area contributed by atoms with E-state index in [1.807, 2.05) is 19.1 Å². The fourth-order valence-corrected chi connectivity index (χ4v) is 2.86. The number of rotatable bonds is 8. The molecule has 0 aliphatic heterocycles. The molecule has 0 unspecified atom stereocenters. The Morgan fingerprint density at radius 1 is 1.29 bits per heavy atom. The van der Waals surface area contributed by atoms with Crippen molar-refractivity contribution < 1.29 is 17.9 Å². The molecule has 11 heteroatoms. The molecule has 2 aromatic rings. The molecule has 0 amide bonds. The van der Waals surface area contributed by atoms with Gasteiger partial charge in [-0.05, 0) is 12.0 Å². The van der Waals surface area contributed by atoms with Gasteiger partial charge in [-0.3, -0.25) is 4.99 Å². The number of halogens is 4. The van der Waals surface area contributed by atoms with E-state index in [9.17, 15) is 13.2 Å². The highest BCUT2D eigenvalue weighted by atomic mass is 127. The Morgan fingerprint density at radius 2 is 2.07 bits per heavy atom. The van der Waals surface area contributed by atoms with Crippen molar-refractivity contribution >= 4 is 41.3 Å². The van der Waals surface area contributed by atoms with E-state index < -0.39 is 11.9 Å². The van der Waals surface area contributed by atoms with Gasteiger partial charge < -0.3 is 15.4 Å². The first-order valence-electron chi connectivity index (χ1n) is 8.46. The maximum Gasteiger partial charge on any atom is 0.434 e. The van der Waals surface area contributed by atoms with Crippen molar-refractivity contribution in [3.8, 4) is 5.88 Å². The van der Waals surface area contributed by atoms with E-state index in [4.69, 9.17) is 4.74 Å². The van der Waals surface area contributed by atoms with Crippen LogP contribution in [-0.4, -0.2) is 36.1 Å². The Kier molecular flexibility index (Phi) is 10.5. The van der Waals surface area contributed by atoms with Gasteiger partial charge in [-0.2, -0.15) is 13.2 Å². The van der Waals surface area contributed by atoms with Crippen LogP contribution < -0.4 is 15.4 Å². The minimum Gasteiger partial charge on any atom is -0.478 e. The lowest BCUT2D eigenvalue weighted by molar-refractivity contribution is -0.140. The van der Waals surface area contributed by atoms with E-state index in [2.05, 4.69) is 25.6 Å². The van der Waals surface area contributed by atoms with Crippen LogP contribution in [0.5, 0.6) is 5.88 Å². The van der Waals surface area contributed by atoms with Gasteiger partial charge in [0.25, 0.3) is 0 Å². The lowest BCUT2D eigenvalue weighted by atomic mass is 10.3. The molecule has 0 fully saturated rings. The van der Waals surface area contributed by atoms with Gasteiger partial charge in [-0.15, -0.1) is 35.3 Å². The number of hydrogen-bond acceptors (Lipinski definition) is 5. The molecular weight excluding hydrogens is 506 g/mol. The van der Waals surface area contributed by atoms with Gasteiger partial charge in [0.1, 0.15) is 0 Å². The molecule has 2 heterocycles. The number of alkyl halides is 3. The van der Waals surface area contributed by atoms with Crippen LogP contribution in [0.15, 0.2) is 28.7 Å². The second kappa shape index (κ2) is 12.0. The van der Waals surface area contributed by atoms with Crippen molar-refractivity contribution in [3.05, 3.63) is 40.0 Å².